The molecule has 1 saturated heterocycles. The molecule has 2 atom stereocenters. The van der Waals surface area contributed by atoms with Gasteiger partial charge in [0.05, 0.1) is 18.8 Å². The lowest BCUT2D eigenvalue weighted by Gasteiger charge is -2.29. The molecule has 1 heterocycles. The largest absolute Gasteiger partial charge is 0.376 e. The van der Waals surface area contributed by atoms with E-state index >= 15 is 0 Å². The van der Waals surface area contributed by atoms with E-state index in [-0.39, 0.29) is 6.04 Å². The first-order chi connectivity index (χ1) is 10.2. The minimum absolute atomic E-state index is 0.0770. The fourth-order valence-corrected chi connectivity index (χ4v) is 3.60. The van der Waals surface area contributed by atoms with Gasteiger partial charge in [-0.15, -0.1) is 0 Å². The Labute approximate surface area is 127 Å². The molecule has 1 N–H and O–H groups in total. The van der Waals surface area contributed by atoms with Crippen molar-refractivity contribution in [3.63, 3.8) is 0 Å². The van der Waals surface area contributed by atoms with E-state index in [1.54, 1.807) is 0 Å². The van der Waals surface area contributed by atoms with Crippen LogP contribution >= 0.6 is 0 Å². The average molecular weight is 287 g/mol. The lowest BCUT2D eigenvalue weighted by atomic mass is 9.83. The molecule has 0 bridgehead atoms. The molecule has 114 valence electrons. The Bertz CT molecular complexity index is 465. The first-order valence-electron chi connectivity index (χ1n) is 8.17. The Hall–Kier alpha value is -1.19. The Morgan fingerprint density at radius 3 is 2.48 bits per heavy atom. The van der Waals surface area contributed by atoms with E-state index in [4.69, 9.17) is 4.74 Å². The van der Waals surface area contributed by atoms with Crippen molar-refractivity contribution in [3.05, 3.63) is 35.9 Å². The smallest absolute Gasteiger partial charge is 0.153 e. The van der Waals surface area contributed by atoms with Crippen LogP contribution in [0.5, 0.6) is 0 Å². The van der Waals surface area contributed by atoms with Crippen LogP contribution in [-0.2, 0) is 9.53 Å². The zero-order valence-electron chi connectivity index (χ0n) is 12.8. The summed E-state index contributed by atoms with van der Waals surface area (Å²) in [5.74, 6) is 0.984. The Morgan fingerprint density at radius 1 is 1.14 bits per heavy atom. The average Bonchev–Trinajstić information content (AvgIpc) is 2.84. The van der Waals surface area contributed by atoms with Crippen molar-refractivity contribution in [3.8, 4) is 0 Å². The molecule has 21 heavy (non-hydrogen) atoms. The number of Topliss-reactive ketones (excluding diaryl/α,β-unsaturated/α-hetero) is 1. The second kappa shape index (κ2) is 6.71. The summed E-state index contributed by atoms with van der Waals surface area (Å²) in [5.41, 5.74) is 1.46. The number of nitrogens with one attached hydrogen (secondary N) is 1. The SMILES string of the molecule is CC1CC(=O)C(COC2CCC(c3ccccc3)CC2)N1. The molecule has 1 aromatic rings. The van der Waals surface area contributed by atoms with Gasteiger partial charge in [0.1, 0.15) is 0 Å². The monoisotopic (exact) mass is 287 g/mol. The van der Waals surface area contributed by atoms with E-state index in [0.717, 1.165) is 12.8 Å². The third-order valence-electron chi connectivity index (χ3n) is 4.83. The summed E-state index contributed by atoms with van der Waals surface area (Å²) >= 11 is 0. The minimum atomic E-state index is -0.0770. The molecule has 1 aliphatic carbocycles. The summed E-state index contributed by atoms with van der Waals surface area (Å²) in [6.45, 7) is 2.60. The van der Waals surface area contributed by atoms with Crippen molar-refractivity contribution < 1.29 is 9.53 Å². The predicted molar refractivity (Wildman–Crippen MR) is 83.4 cm³/mol. The van der Waals surface area contributed by atoms with Gasteiger partial charge in [-0.05, 0) is 44.1 Å². The van der Waals surface area contributed by atoms with Crippen molar-refractivity contribution in [2.75, 3.05) is 6.61 Å². The van der Waals surface area contributed by atoms with E-state index in [1.807, 2.05) is 0 Å². The normalized spacial score (nSPS) is 33.3. The molecule has 3 nitrogen and oxygen atoms in total. The zero-order chi connectivity index (χ0) is 14.7. The van der Waals surface area contributed by atoms with Crippen LogP contribution < -0.4 is 5.32 Å². The summed E-state index contributed by atoms with van der Waals surface area (Å²) in [7, 11) is 0. The van der Waals surface area contributed by atoms with E-state index in [9.17, 15) is 4.79 Å². The summed E-state index contributed by atoms with van der Waals surface area (Å²) in [5, 5.41) is 3.30. The lowest BCUT2D eigenvalue weighted by molar-refractivity contribution is -0.120. The van der Waals surface area contributed by atoms with E-state index in [0.29, 0.717) is 36.9 Å². The van der Waals surface area contributed by atoms with E-state index in [1.165, 1.54) is 18.4 Å². The topological polar surface area (TPSA) is 38.3 Å². The van der Waals surface area contributed by atoms with Crippen LogP contribution in [0.2, 0.25) is 0 Å². The van der Waals surface area contributed by atoms with E-state index < -0.39 is 0 Å². The zero-order valence-corrected chi connectivity index (χ0v) is 12.8. The van der Waals surface area contributed by atoms with Crippen molar-refractivity contribution in [1.82, 2.24) is 5.32 Å². The highest BCUT2D eigenvalue weighted by atomic mass is 16.5. The maximum Gasteiger partial charge on any atom is 0.153 e. The van der Waals surface area contributed by atoms with Crippen LogP contribution in [0.25, 0.3) is 0 Å². The van der Waals surface area contributed by atoms with Gasteiger partial charge in [0, 0.05) is 12.5 Å². The van der Waals surface area contributed by atoms with Gasteiger partial charge in [0.2, 0.25) is 0 Å². The molecule has 0 radical (unpaired) electrons. The van der Waals surface area contributed by atoms with Crippen molar-refractivity contribution in [2.24, 2.45) is 0 Å². The summed E-state index contributed by atoms with van der Waals surface area (Å²) < 4.78 is 5.99. The van der Waals surface area contributed by atoms with Crippen molar-refractivity contribution in [2.45, 2.75) is 63.1 Å². The van der Waals surface area contributed by atoms with Gasteiger partial charge in [-0.1, -0.05) is 30.3 Å². The number of hydrogen-bond donors (Lipinski definition) is 1. The third-order valence-corrected chi connectivity index (χ3v) is 4.83. The highest BCUT2D eigenvalue weighted by Crippen LogP contribution is 2.33. The van der Waals surface area contributed by atoms with Crippen LogP contribution in [0.3, 0.4) is 0 Å². The first kappa shape index (κ1) is 14.7. The number of hydrogen-bond acceptors (Lipinski definition) is 3. The summed E-state index contributed by atoms with van der Waals surface area (Å²) in [6.07, 6.45) is 5.57. The second-order valence-corrected chi connectivity index (χ2v) is 6.51. The Kier molecular flexibility index (Phi) is 4.71. The van der Waals surface area contributed by atoms with Gasteiger partial charge in [-0.25, -0.2) is 0 Å². The highest BCUT2D eigenvalue weighted by molar-refractivity contribution is 5.86. The van der Waals surface area contributed by atoms with Gasteiger partial charge in [0.15, 0.2) is 5.78 Å². The highest BCUT2D eigenvalue weighted by Gasteiger charge is 2.30. The van der Waals surface area contributed by atoms with Gasteiger partial charge in [-0.2, -0.15) is 0 Å². The number of benzene rings is 1. The van der Waals surface area contributed by atoms with Crippen LogP contribution in [-0.4, -0.2) is 30.6 Å². The van der Waals surface area contributed by atoms with Crippen LogP contribution in [0.15, 0.2) is 30.3 Å². The first-order valence-corrected chi connectivity index (χ1v) is 8.17. The number of carbonyl (C=O) groups is 1. The number of rotatable bonds is 4. The third kappa shape index (κ3) is 3.72. The Morgan fingerprint density at radius 2 is 1.86 bits per heavy atom. The summed E-state index contributed by atoms with van der Waals surface area (Å²) in [6, 6.07) is 11.0. The molecule has 0 aromatic heterocycles. The standard InChI is InChI=1S/C18H25NO2/c1-13-11-18(20)17(19-13)12-21-16-9-7-15(8-10-16)14-5-3-2-4-6-14/h2-6,13,15-17,19H,7-12H2,1H3. The fourth-order valence-electron chi connectivity index (χ4n) is 3.60. The predicted octanol–water partition coefficient (Wildman–Crippen LogP) is 3.05. The number of ketones is 1. The molecule has 2 fully saturated rings. The molecule has 3 rings (SSSR count). The molecule has 0 spiro atoms. The van der Waals surface area contributed by atoms with Crippen LogP contribution in [0.1, 0.15) is 50.5 Å². The molecule has 0 amide bonds. The molecule has 2 unspecified atom stereocenters. The van der Waals surface area contributed by atoms with Crippen molar-refractivity contribution >= 4 is 5.78 Å². The van der Waals surface area contributed by atoms with Crippen molar-refractivity contribution in [1.29, 1.82) is 0 Å². The molecule has 3 heteroatoms. The molecular weight excluding hydrogens is 262 g/mol. The quantitative estimate of drug-likeness (QED) is 0.925. The minimum Gasteiger partial charge on any atom is -0.376 e. The Balaban J connectivity index is 1.43. The summed E-state index contributed by atoms with van der Waals surface area (Å²) in [4.78, 5) is 11.8. The van der Waals surface area contributed by atoms with Gasteiger partial charge < -0.3 is 10.1 Å². The molecule has 1 saturated carbocycles. The van der Waals surface area contributed by atoms with Crippen LogP contribution in [0.4, 0.5) is 0 Å². The van der Waals surface area contributed by atoms with Gasteiger partial charge >= 0.3 is 0 Å². The maximum atomic E-state index is 11.8. The molecule has 2 aliphatic rings. The number of carbonyl (C=O) groups excluding carboxylic acids is 1. The maximum absolute atomic E-state index is 11.8. The number of ether oxygens (including phenoxy) is 1. The fraction of sp³-hybridized carbons (Fsp3) is 0.611. The molecule has 1 aromatic carbocycles. The van der Waals surface area contributed by atoms with Gasteiger partial charge in [0.25, 0.3) is 0 Å². The van der Waals surface area contributed by atoms with Gasteiger partial charge in [-0.3, -0.25) is 4.79 Å². The second-order valence-electron chi connectivity index (χ2n) is 6.51. The molecule has 1 aliphatic heterocycles. The lowest BCUT2D eigenvalue weighted by Crippen LogP contribution is -2.36. The van der Waals surface area contributed by atoms with E-state index in [2.05, 4.69) is 42.6 Å². The van der Waals surface area contributed by atoms with Crippen LogP contribution in [0, 0.1) is 0 Å². The molecular formula is C18H25NO2.